The second-order valence-electron chi connectivity index (χ2n) is 2.72. The zero-order chi connectivity index (χ0) is 9.97. The number of rotatable bonds is 2. The molecule has 2 rings (SSSR count). The van der Waals surface area contributed by atoms with Crippen LogP contribution in [0.1, 0.15) is 6.92 Å². The van der Waals surface area contributed by atoms with Crippen molar-refractivity contribution in [3.63, 3.8) is 0 Å². The van der Waals surface area contributed by atoms with Crippen LogP contribution in [0.25, 0.3) is 11.4 Å². The highest BCUT2D eigenvalue weighted by molar-refractivity contribution is 7.71. The molecule has 0 fully saturated rings. The zero-order valence-electron chi connectivity index (χ0n) is 7.64. The Morgan fingerprint density at radius 1 is 1.43 bits per heavy atom. The number of aromatic nitrogens is 5. The highest BCUT2D eigenvalue weighted by Gasteiger charge is 2.06. The third-order valence-corrected chi connectivity index (χ3v) is 2.20. The van der Waals surface area contributed by atoms with Gasteiger partial charge in [-0.1, -0.05) is 0 Å². The van der Waals surface area contributed by atoms with Gasteiger partial charge < -0.3 is 4.57 Å². The van der Waals surface area contributed by atoms with Gasteiger partial charge in [0.25, 0.3) is 0 Å². The molecular formula is C8H9N5S. The average Bonchev–Trinajstić information content (AvgIpc) is 2.61. The quantitative estimate of drug-likeness (QED) is 0.756. The Kier molecular flexibility index (Phi) is 2.36. The molecule has 2 aromatic heterocycles. The molecule has 0 atom stereocenters. The van der Waals surface area contributed by atoms with Crippen LogP contribution in [0.3, 0.4) is 0 Å². The van der Waals surface area contributed by atoms with Gasteiger partial charge in [0.05, 0.1) is 5.56 Å². The highest BCUT2D eigenvalue weighted by Crippen LogP contribution is 2.13. The van der Waals surface area contributed by atoms with Gasteiger partial charge >= 0.3 is 0 Å². The molecule has 0 saturated carbocycles. The van der Waals surface area contributed by atoms with Crippen molar-refractivity contribution >= 4 is 12.2 Å². The standard InChI is InChI=1S/C8H9N5S/c1-2-13-7(11-12-8(13)14)6-3-9-5-10-4-6/h3-5H,2H2,1H3,(H,12,14). The largest absolute Gasteiger partial charge is 0.300 e. The fourth-order valence-corrected chi connectivity index (χ4v) is 1.51. The summed E-state index contributed by atoms with van der Waals surface area (Å²) in [5.41, 5.74) is 0.863. The maximum Gasteiger partial charge on any atom is 0.195 e. The van der Waals surface area contributed by atoms with Crippen molar-refractivity contribution in [3.05, 3.63) is 23.5 Å². The van der Waals surface area contributed by atoms with Crippen molar-refractivity contribution in [2.75, 3.05) is 0 Å². The van der Waals surface area contributed by atoms with Crippen LogP contribution in [0.5, 0.6) is 0 Å². The van der Waals surface area contributed by atoms with Crippen LogP contribution in [0, 0.1) is 4.77 Å². The normalized spacial score (nSPS) is 10.4. The fourth-order valence-electron chi connectivity index (χ4n) is 1.25. The van der Waals surface area contributed by atoms with Gasteiger partial charge in [-0.25, -0.2) is 9.97 Å². The van der Waals surface area contributed by atoms with E-state index in [4.69, 9.17) is 12.2 Å². The second-order valence-corrected chi connectivity index (χ2v) is 3.11. The van der Waals surface area contributed by atoms with E-state index in [1.807, 2.05) is 11.5 Å². The monoisotopic (exact) mass is 207 g/mol. The first kappa shape index (κ1) is 9.01. The molecule has 6 heteroatoms. The first-order valence-electron chi connectivity index (χ1n) is 4.23. The Balaban J connectivity index is 2.57. The van der Waals surface area contributed by atoms with Gasteiger partial charge in [-0.15, -0.1) is 0 Å². The molecule has 5 nitrogen and oxygen atoms in total. The Morgan fingerprint density at radius 2 is 2.14 bits per heavy atom. The van der Waals surface area contributed by atoms with E-state index in [1.165, 1.54) is 6.33 Å². The van der Waals surface area contributed by atoms with Crippen molar-refractivity contribution in [3.8, 4) is 11.4 Å². The van der Waals surface area contributed by atoms with Crippen molar-refractivity contribution < 1.29 is 0 Å². The average molecular weight is 207 g/mol. The molecule has 72 valence electrons. The maximum absolute atomic E-state index is 5.08. The molecule has 0 aromatic carbocycles. The summed E-state index contributed by atoms with van der Waals surface area (Å²) in [5.74, 6) is 0.776. The van der Waals surface area contributed by atoms with Crippen LogP contribution in [0.2, 0.25) is 0 Å². The van der Waals surface area contributed by atoms with E-state index < -0.39 is 0 Å². The van der Waals surface area contributed by atoms with E-state index in [-0.39, 0.29) is 0 Å². The molecule has 2 aromatic rings. The molecule has 0 unspecified atom stereocenters. The molecule has 1 N–H and O–H groups in total. The second kappa shape index (κ2) is 3.67. The summed E-state index contributed by atoms with van der Waals surface area (Å²) in [6.45, 7) is 2.79. The fraction of sp³-hybridized carbons (Fsp3) is 0.250. The first-order chi connectivity index (χ1) is 6.83. The number of H-pyrrole nitrogens is 1. The van der Waals surface area contributed by atoms with E-state index >= 15 is 0 Å². The first-order valence-corrected chi connectivity index (χ1v) is 4.64. The van der Waals surface area contributed by atoms with E-state index in [2.05, 4.69) is 20.2 Å². The summed E-state index contributed by atoms with van der Waals surface area (Å²) in [5, 5.41) is 6.87. The number of nitrogens with zero attached hydrogens (tertiary/aromatic N) is 4. The van der Waals surface area contributed by atoms with Crippen molar-refractivity contribution in [2.24, 2.45) is 0 Å². The number of hydrogen-bond donors (Lipinski definition) is 1. The smallest absolute Gasteiger partial charge is 0.195 e. The van der Waals surface area contributed by atoms with Crippen LogP contribution in [0.15, 0.2) is 18.7 Å². The number of nitrogens with one attached hydrogen (secondary N) is 1. The molecule has 0 aliphatic heterocycles. The Bertz CT molecular complexity index is 472. The van der Waals surface area contributed by atoms with Gasteiger partial charge in [0.2, 0.25) is 0 Å². The van der Waals surface area contributed by atoms with E-state index in [0.29, 0.717) is 4.77 Å². The Hall–Kier alpha value is -1.56. The van der Waals surface area contributed by atoms with Crippen molar-refractivity contribution in [2.45, 2.75) is 13.5 Å². The molecule has 0 aliphatic rings. The number of aromatic amines is 1. The summed E-state index contributed by atoms with van der Waals surface area (Å²) in [7, 11) is 0. The molecule has 14 heavy (non-hydrogen) atoms. The minimum atomic E-state index is 0.617. The predicted molar refractivity (Wildman–Crippen MR) is 54.1 cm³/mol. The molecule has 0 saturated heterocycles. The summed E-state index contributed by atoms with van der Waals surface area (Å²) in [6.07, 6.45) is 4.91. The minimum Gasteiger partial charge on any atom is -0.300 e. The zero-order valence-corrected chi connectivity index (χ0v) is 8.45. The lowest BCUT2D eigenvalue weighted by Gasteiger charge is -2.01. The molecular weight excluding hydrogens is 198 g/mol. The van der Waals surface area contributed by atoms with Gasteiger partial charge in [0.15, 0.2) is 10.6 Å². The van der Waals surface area contributed by atoms with Crippen LogP contribution in [0.4, 0.5) is 0 Å². The topological polar surface area (TPSA) is 59.4 Å². The van der Waals surface area contributed by atoms with Gasteiger partial charge in [-0.2, -0.15) is 5.10 Å². The van der Waals surface area contributed by atoms with E-state index in [1.54, 1.807) is 12.4 Å². The summed E-state index contributed by atoms with van der Waals surface area (Å²) in [6, 6.07) is 0. The van der Waals surface area contributed by atoms with Crippen molar-refractivity contribution in [1.82, 2.24) is 24.7 Å². The predicted octanol–water partition coefficient (Wildman–Crippen LogP) is 1.42. The molecule has 0 amide bonds. The number of hydrogen-bond acceptors (Lipinski definition) is 4. The van der Waals surface area contributed by atoms with Crippen LogP contribution >= 0.6 is 12.2 Å². The molecule has 0 bridgehead atoms. The molecule has 0 aliphatic carbocycles. The third-order valence-electron chi connectivity index (χ3n) is 1.89. The van der Waals surface area contributed by atoms with Crippen LogP contribution in [-0.4, -0.2) is 24.7 Å². The minimum absolute atomic E-state index is 0.617. The Morgan fingerprint density at radius 3 is 2.79 bits per heavy atom. The molecule has 0 radical (unpaired) electrons. The van der Waals surface area contributed by atoms with Crippen LogP contribution < -0.4 is 0 Å². The summed E-state index contributed by atoms with van der Waals surface area (Å²) in [4.78, 5) is 7.87. The lowest BCUT2D eigenvalue weighted by molar-refractivity contribution is 0.755. The van der Waals surface area contributed by atoms with E-state index in [9.17, 15) is 0 Å². The molecule has 0 spiro atoms. The lowest BCUT2D eigenvalue weighted by atomic mass is 10.3. The van der Waals surface area contributed by atoms with Crippen molar-refractivity contribution in [1.29, 1.82) is 0 Å². The van der Waals surface area contributed by atoms with Crippen LogP contribution in [-0.2, 0) is 6.54 Å². The summed E-state index contributed by atoms with van der Waals surface area (Å²) >= 11 is 5.08. The Labute approximate surface area is 85.8 Å². The maximum atomic E-state index is 5.08. The highest BCUT2D eigenvalue weighted by atomic mass is 32.1. The van der Waals surface area contributed by atoms with Gasteiger partial charge in [-0.05, 0) is 19.1 Å². The third kappa shape index (κ3) is 1.44. The summed E-state index contributed by atoms with van der Waals surface area (Å²) < 4.78 is 2.51. The van der Waals surface area contributed by atoms with Gasteiger partial charge in [-0.3, -0.25) is 5.10 Å². The van der Waals surface area contributed by atoms with Gasteiger partial charge in [0, 0.05) is 18.9 Å². The lowest BCUT2D eigenvalue weighted by Crippen LogP contribution is -1.98. The molecule has 2 heterocycles. The SMILES string of the molecule is CCn1c(-c2cncnc2)n[nH]c1=S. The van der Waals surface area contributed by atoms with Gasteiger partial charge in [0.1, 0.15) is 6.33 Å². The van der Waals surface area contributed by atoms with E-state index in [0.717, 1.165) is 17.9 Å².